The van der Waals surface area contributed by atoms with Crippen LogP contribution < -0.4 is 5.32 Å². The van der Waals surface area contributed by atoms with Gasteiger partial charge in [0.1, 0.15) is 0 Å². The Balaban J connectivity index is 2.35. The molecular formula is C13H13NO4. The van der Waals surface area contributed by atoms with Crippen LogP contribution in [-0.4, -0.2) is 22.5 Å². The summed E-state index contributed by atoms with van der Waals surface area (Å²) >= 11 is 0. The van der Waals surface area contributed by atoms with E-state index in [1.807, 2.05) is 6.07 Å². The summed E-state index contributed by atoms with van der Waals surface area (Å²) in [5.41, 5.74) is -0.828. The first-order valence-corrected chi connectivity index (χ1v) is 5.45. The Kier molecular flexibility index (Phi) is 2.82. The van der Waals surface area contributed by atoms with Gasteiger partial charge >= 0.3 is 5.97 Å². The quantitative estimate of drug-likeness (QED) is 0.796. The molecule has 0 fully saturated rings. The van der Waals surface area contributed by atoms with E-state index in [9.17, 15) is 9.59 Å². The van der Waals surface area contributed by atoms with Gasteiger partial charge in [0.05, 0.1) is 0 Å². The third-order valence-corrected chi connectivity index (χ3v) is 2.60. The summed E-state index contributed by atoms with van der Waals surface area (Å²) < 4.78 is 5.38. The molecule has 1 aliphatic rings. The summed E-state index contributed by atoms with van der Waals surface area (Å²) in [7, 11) is 0. The first-order valence-electron chi connectivity index (χ1n) is 5.45. The SMILES string of the molecule is CC1(C)OC(Nc2ccccc2)=C(C(=O)O)C1=O. The topological polar surface area (TPSA) is 75.6 Å². The Morgan fingerprint density at radius 3 is 2.44 bits per heavy atom. The Bertz CT molecular complexity index is 531. The van der Waals surface area contributed by atoms with Crippen LogP contribution in [0.1, 0.15) is 13.8 Å². The molecule has 94 valence electrons. The van der Waals surface area contributed by atoms with E-state index in [4.69, 9.17) is 9.84 Å². The Labute approximate surface area is 104 Å². The summed E-state index contributed by atoms with van der Waals surface area (Å²) in [6, 6.07) is 8.94. The van der Waals surface area contributed by atoms with E-state index in [1.54, 1.807) is 24.3 Å². The second-order valence-corrected chi connectivity index (χ2v) is 4.44. The summed E-state index contributed by atoms with van der Waals surface area (Å²) in [5.74, 6) is -1.83. The molecule has 1 aromatic rings. The number of carbonyl (C=O) groups is 2. The number of carbonyl (C=O) groups excluding carboxylic acids is 1. The van der Waals surface area contributed by atoms with Gasteiger partial charge in [0.25, 0.3) is 0 Å². The summed E-state index contributed by atoms with van der Waals surface area (Å²) in [6.45, 7) is 3.08. The van der Waals surface area contributed by atoms with Gasteiger partial charge in [-0.2, -0.15) is 0 Å². The molecule has 0 radical (unpaired) electrons. The zero-order chi connectivity index (χ0) is 13.3. The zero-order valence-corrected chi connectivity index (χ0v) is 10.1. The zero-order valence-electron chi connectivity index (χ0n) is 10.1. The van der Waals surface area contributed by atoms with Crippen molar-refractivity contribution >= 4 is 17.4 Å². The standard InChI is InChI=1S/C13H13NO4/c1-13(2)10(15)9(12(16)17)11(18-13)14-8-6-4-3-5-7-8/h3-7,14H,1-2H3,(H,16,17). The van der Waals surface area contributed by atoms with Crippen LogP contribution in [-0.2, 0) is 14.3 Å². The number of rotatable bonds is 3. The van der Waals surface area contributed by atoms with Crippen molar-refractivity contribution < 1.29 is 19.4 Å². The fourth-order valence-corrected chi connectivity index (χ4v) is 1.69. The number of carboxylic acids is 1. The minimum Gasteiger partial charge on any atom is -0.477 e. The van der Waals surface area contributed by atoms with Gasteiger partial charge in [-0.3, -0.25) is 4.79 Å². The molecule has 5 nitrogen and oxygen atoms in total. The van der Waals surface area contributed by atoms with E-state index in [-0.39, 0.29) is 11.5 Å². The third kappa shape index (κ3) is 2.07. The fraction of sp³-hybridized carbons (Fsp3) is 0.231. The van der Waals surface area contributed by atoms with Gasteiger partial charge in [-0.15, -0.1) is 0 Å². The molecule has 0 atom stereocenters. The third-order valence-electron chi connectivity index (χ3n) is 2.60. The first-order chi connectivity index (χ1) is 8.42. The Morgan fingerprint density at radius 1 is 1.28 bits per heavy atom. The number of anilines is 1. The molecule has 1 aliphatic heterocycles. The molecule has 0 amide bonds. The van der Waals surface area contributed by atoms with Crippen molar-refractivity contribution in [1.82, 2.24) is 0 Å². The number of hydrogen-bond donors (Lipinski definition) is 2. The van der Waals surface area contributed by atoms with Gasteiger partial charge in [0.2, 0.25) is 11.7 Å². The molecule has 0 saturated heterocycles. The van der Waals surface area contributed by atoms with E-state index in [0.29, 0.717) is 5.69 Å². The number of Topliss-reactive ketones (excluding diaryl/α,β-unsaturated/α-hetero) is 1. The van der Waals surface area contributed by atoms with E-state index in [1.165, 1.54) is 13.8 Å². The van der Waals surface area contributed by atoms with Gasteiger partial charge in [-0.05, 0) is 26.0 Å². The van der Waals surface area contributed by atoms with Crippen LogP contribution in [0, 0.1) is 0 Å². The van der Waals surface area contributed by atoms with Crippen LogP contribution in [0.25, 0.3) is 0 Å². The molecule has 0 bridgehead atoms. The number of nitrogens with one attached hydrogen (secondary N) is 1. The van der Waals surface area contributed by atoms with E-state index in [2.05, 4.69) is 5.32 Å². The lowest BCUT2D eigenvalue weighted by atomic mass is 10.00. The number of ether oxygens (including phenoxy) is 1. The van der Waals surface area contributed by atoms with Gasteiger partial charge in [-0.25, -0.2) is 4.79 Å². The average Bonchev–Trinajstić information content (AvgIpc) is 2.50. The van der Waals surface area contributed by atoms with Crippen molar-refractivity contribution in [2.24, 2.45) is 0 Å². The second kappa shape index (κ2) is 4.18. The van der Waals surface area contributed by atoms with Crippen molar-refractivity contribution in [1.29, 1.82) is 0 Å². The lowest BCUT2D eigenvalue weighted by molar-refractivity contribution is -0.136. The maximum Gasteiger partial charge on any atom is 0.345 e. The molecule has 0 aromatic heterocycles. The molecule has 1 heterocycles. The number of carboxylic acid groups (broad SMARTS) is 1. The highest BCUT2D eigenvalue weighted by Crippen LogP contribution is 2.31. The molecule has 2 rings (SSSR count). The van der Waals surface area contributed by atoms with E-state index >= 15 is 0 Å². The molecule has 1 aromatic carbocycles. The minimum atomic E-state index is -1.29. The number of hydrogen-bond acceptors (Lipinski definition) is 4. The fourth-order valence-electron chi connectivity index (χ4n) is 1.69. The lowest BCUT2D eigenvalue weighted by Gasteiger charge is -2.18. The summed E-state index contributed by atoms with van der Waals surface area (Å²) in [5, 5.41) is 11.9. The highest BCUT2D eigenvalue weighted by atomic mass is 16.5. The van der Waals surface area contributed by atoms with Crippen molar-refractivity contribution in [3.63, 3.8) is 0 Å². The highest BCUT2D eigenvalue weighted by Gasteiger charge is 2.45. The molecule has 0 spiro atoms. The molecular weight excluding hydrogens is 234 g/mol. The van der Waals surface area contributed by atoms with E-state index < -0.39 is 17.4 Å². The van der Waals surface area contributed by atoms with Crippen molar-refractivity contribution in [3.05, 3.63) is 41.8 Å². The maximum absolute atomic E-state index is 11.9. The molecule has 0 unspecified atom stereocenters. The average molecular weight is 247 g/mol. The predicted molar refractivity (Wildman–Crippen MR) is 64.9 cm³/mol. The van der Waals surface area contributed by atoms with Gasteiger partial charge in [0, 0.05) is 5.69 Å². The van der Waals surface area contributed by atoms with Crippen molar-refractivity contribution in [3.8, 4) is 0 Å². The van der Waals surface area contributed by atoms with Gasteiger partial charge in [0.15, 0.2) is 11.2 Å². The molecule has 5 heteroatoms. The van der Waals surface area contributed by atoms with Crippen LogP contribution in [0.2, 0.25) is 0 Å². The maximum atomic E-state index is 11.9. The van der Waals surface area contributed by atoms with Crippen molar-refractivity contribution in [2.75, 3.05) is 5.32 Å². The van der Waals surface area contributed by atoms with Crippen LogP contribution in [0.4, 0.5) is 5.69 Å². The number of para-hydroxylation sites is 1. The Hall–Kier alpha value is -2.30. The summed E-state index contributed by atoms with van der Waals surface area (Å²) in [6.07, 6.45) is 0. The lowest BCUT2D eigenvalue weighted by Crippen LogP contribution is -2.31. The summed E-state index contributed by atoms with van der Waals surface area (Å²) in [4.78, 5) is 23.0. The first kappa shape index (κ1) is 12.2. The van der Waals surface area contributed by atoms with Crippen molar-refractivity contribution in [2.45, 2.75) is 19.4 Å². The van der Waals surface area contributed by atoms with Crippen LogP contribution in [0.3, 0.4) is 0 Å². The van der Waals surface area contributed by atoms with E-state index in [0.717, 1.165) is 0 Å². The Morgan fingerprint density at radius 2 is 1.89 bits per heavy atom. The number of ketones is 1. The van der Waals surface area contributed by atoms with Crippen LogP contribution >= 0.6 is 0 Å². The smallest absolute Gasteiger partial charge is 0.345 e. The predicted octanol–water partition coefficient (Wildman–Crippen LogP) is 1.77. The highest BCUT2D eigenvalue weighted by molar-refractivity contribution is 6.21. The largest absolute Gasteiger partial charge is 0.477 e. The molecule has 2 N–H and O–H groups in total. The molecule has 0 saturated carbocycles. The molecule has 18 heavy (non-hydrogen) atoms. The second-order valence-electron chi connectivity index (χ2n) is 4.44. The normalized spacial score (nSPS) is 17.6. The van der Waals surface area contributed by atoms with Crippen LogP contribution in [0.5, 0.6) is 0 Å². The number of aliphatic carboxylic acids is 1. The minimum absolute atomic E-state index is 0.0105. The number of benzene rings is 1. The van der Waals surface area contributed by atoms with Gasteiger partial charge < -0.3 is 15.2 Å². The monoisotopic (exact) mass is 247 g/mol. The van der Waals surface area contributed by atoms with Crippen LogP contribution in [0.15, 0.2) is 41.8 Å². The molecule has 0 aliphatic carbocycles. The van der Waals surface area contributed by atoms with Gasteiger partial charge in [-0.1, -0.05) is 18.2 Å².